The van der Waals surface area contributed by atoms with E-state index in [2.05, 4.69) is 0 Å². The molecule has 0 spiro atoms. The van der Waals surface area contributed by atoms with E-state index < -0.39 is 5.97 Å². The van der Waals surface area contributed by atoms with Crippen molar-refractivity contribution in [3.8, 4) is 0 Å². The minimum atomic E-state index is -0.879. The third-order valence-electron chi connectivity index (χ3n) is 2.03. The molecule has 0 radical (unpaired) electrons. The van der Waals surface area contributed by atoms with E-state index in [1.807, 2.05) is 0 Å². The van der Waals surface area contributed by atoms with Gasteiger partial charge in [-0.2, -0.15) is 0 Å². The van der Waals surface area contributed by atoms with Crippen LogP contribution in [0.1, 0.15) is 20.7 Å². The van der Waals surface area contributed by atoms with Crippen LogP contribution in [0.2, 0.25) is 0 Å². The van der Waals surface area contributed by atoms with Crippen LogP contribution in [0, 0.1) is 5.82 Å². The van der Waals surface area contributed by atoms with Gasteiger partial charge in [0.15, 0.2) is 0 Å². The molecule has 0 fully saturated rings. The van der Waals surface area contributed by atoms with Crippen LogP contribution in [0.25, 0.3) is 0 Å². The van der Waals surface area contributed by atoms with E-state index >= 15 is 0 Å². The molecule has 0 heterocycles. The molecule has 0 saturated carbocycles. The molecule has 0 saturated heterocycles. The van der Waals surface area contributed by atoms with Crippen LogP contribution in [0.5, 0.6) is 0 Å². The Labute approximate surface area is 104 Å². The average molecular weight is 246 g/mol. The quantitative estimate of drug-likeness (QED) is 0.828. The van der Waals surface area contributed by atoms with E-state index in [0.717, 1.165) is 0 Å². The van der Waals surface area contributed by atoms with Crippen molar-refractivity contribution in [3.05, 3.63) is 71.5 Å². The lowest BCUT2D eigenvalue weighted by Gasteiger charge is -1.88. The second kappa shape index (κ2) is 6.96. The molecule has 92 valence electrons. The number of halogens is 1. The Morgan fingerprint density at radius 1 is 1.00 bits per heavy atom. The maximum absolute atomic E-state index is 12.1. The number of carbonyl (C=O) groups is 2. The van der Waals surface area contributed by atoms with Gasteiger partial charge in [0.1, 0.15) is 12.1 Å². The second-order valence-electron chi connectivity index (χ2n) is 3.34. The Hall–Kier alpha value is -2.49. The van der Waals surface area contributed by atoms with Crippen LogP contribution in [0.3, 0.4) is 0 Å². The predicted molar refractivity (Wildman–Crippen MR) is 65.2 cm³/mol. The fraction of sp³-hybridized carbons (Fsp3) is 0. The number of carbonyl (C=O) groups excluding carboxylic acids is 1. The van der Waals surface area contributed by atoms with Gasteiger partial charge in [-0.05, 0) is 36.4 Å². The van der Waals surface area contributed by atoms with Crippen molar-refractivity contribution >= 4 is 12.3 Å². The van der Waals surface area contributed by atoms with Gasteiger partial charge in [-0.1, -0.05) is 18.2 Å². The maximum Gasteiger partial charge on any atom is 0.335 e. The Kier molecular flexibility index (Phi) is 5.25. The molecule has 1 N–H and O–H groups in total. The number of carboxylic acid groups (broad SMARTS) is 1. The molecule has 2 rings (SSSR count). The molecule has 2 aromatic carbocycles. The summed E-state index contributed by atoms with van der Waals surface area (Å²) in [6.45, 7) is 0. The standard InChI is InChI=1S/C7H5FO.C7H6O2/c8-7-3-1-6(5-9)2-4-7;8-7(9)6-4-2-1-3-5-6/h1-5H;1-5H,(H,8,9). The lowest BCUT2D eigenvalue weighted by atomic mass is 10.2. The number of aldehydes is 1. The third-order valence-corrected chi connectivity index (χ3v) is 2.03. The fourth-order valence-corrected chi connectivity index (χ4v) is 1.12. The first-order chi connectivity index (χ1) is 8.63. The number of benzene rings is 2. The van der Waals surface area contributed by atoms with E-state index in [0.29, 0.717) is 17.4 Å². The molecule has 0 amide bonds. The van der Waals surface area contributed by atoms with Gasteiger partial charge in [0.2, 0.25) is 0 Å². The van der Waals surface area contributed by atoms with E-state index in [1.165, 1.54) is 24.3 Å². The third kappa shape index (κ3) is 4.57. The predicted octanol–water partition coefficient (Wildman–Crippen LogP) is 3.02. The first-order valence-electron chi connectivity index (χ1n) is 5.12. The van der Waals surface area contributed by atoms with Crippen molar-refractivity contribution in [2.45, 2.75) is 0 Å². The minimum absolute atomic E-state index is 0.319. The van der Waals surface area contributed by atoms with Gasteiger partial charge < -0.3 is 5.11 Å². The van der Waals surface area contributed by atoms with E-state index in [9.17, 15) is 14.0 Å². The molecule has 0 aliphatic rings. The van der Waals surface area contributed by atoms with Gasteiger partial charge in [-0.15, -0.1) is 0 Å². The summed E-state index contributed by atoms with van der Waals surface area (Å²) >= 11 is 0. The highest BCUT2D eigenvalue weighted by atomic mass is 19.1. The zero-order valence-electron chi connectivity index (χ0n) is 9.42. The molecule has 0 aliphatic carbocycles. The van der Waals surface area contributed by atoms with Crippen molar-refractivity contribution in [1.29, 1.82) is 0 Å². The molecule has 2 aromatic rings. The summed E-state index contributed by atoms with van der Waals surface area (Å²) in [5, 5.41) is 8.38. The van der Waals surface area contributed by atoms with E-state index in [1.54, 1.807) is 30.3 Å². The first kappa shape index (κ1) is 13.6. The number of aromatic carboxylic acids is 1. The van der Waals surface area contributed by atoms with Gasteiger partial charge in [-0.25, -0.2) is 9.18 Å². The normalized spacial score (nSPS) is 8.94. The van der Waals surface area contributed by atoms with Crippen molar-refractivity contribution in [2.75, 3.05) is 0 Å². The van der Waals surface area contributed by atoms with Gasteiger partial charge in [0.25, 0.3) is 0 Å². The second-order valence-corrected chi connectivity index (χ2v) is 3.34. The van der Waals surface area contributed by atoms with Crippen molar-refractivity contribution < 1.29 is 19.1 Å². The first-order valence-corrected chi connectivity index (χ1v) is 5.12. The minimum Gasteiger partial charge on any atom is -0.478 e. The van der Waals surface area contributed by atoms with Gasteiger partial charge in [-0.3, -0.25) is 4.79 Å². The Morgan fingerprint density at radius 3 is 1.94 bits per heavy atom. The molecule has 0 aliphatic heterocycles. The van der Waals surface area contributed by atoms with Gasteiger partial charge in [0, 0.05) is 5.56 Å². The molecular formula is C14H11FO3. The summed E-state index contributed by atoms with van der Waals surface area (Å²) in [6.07, 6.45) is 0.680. The lowest BCUT2D eigenvalue weighted by Crippen LogP contribution is -1.93. The fourth-order valence-electron chi connectivity index (χ4n) is 1.12. The zero-order valence-corrected chi connectivity index (χ0v) is 9.42. The zero-order chi connectivity index (χ0) is 13.4. The Balaban J connectivity index is 0.000000180. The summed E-state index contributed by atoms with van der Waals surface area (Å²) in [5.41, 5.74) is 0.828. The lowest BCUT2D eigenvalue weighted by molar-refractivity contribution is 0.0696. The smallest absolute Gasteiger partial charge is 0.335 e. The van der Waals surface area contributed by atoms with E-state index in [4.69, 9.17) is 5.11 Å². The van der Waals surface area contributed by atoms with Gasteiger partial charge >= 0.3 is 5.97 Å². The summed E-state index contributed by atoms with van der Waals surface area (Å²) < 4.78 is 12.1. The van der Waals surface area contributed by atoms with Crippen LogP contribution in [-0.4, -0.2) is 17.4 Å². The maximum atomic E-state index is 12.1. The average Bonchev–Trinajstić information content (AvgIpc) is 2.41. The molecule has 18 heavy (non-hydrogen) atoms. The Bertz CT molecular complexity index is 506. The number of hydrogen-bond donors (Lipinski definition) is 1. The molecular weight excluding hydrogens is 235 g/mol. The summed E-state index contributed by atoms with van der Waals surface area (Å²) in [6, 6.07) is 13.7. The highest BCUT2D eigenvalue weighted by Gasteiger charge is 1.96. The number of hydrogen-bond acceptors (Lipinski definition) is 2. The molecule has 3 nitrogen and oxygen atoms in total. The van der Waals surface area contributed by atoms with Gasteiger partial charge in [0.05, 0.1) is 5.56 Å². The highest BCUT2D eigenvalue weighted by Crippen LogP contribution is 1.98. The molecule has 0 bridgehead atoms. The Morgan fingerprint density at radius 2 is 1.56 bits per heavy atom. The van der Waals surface area contributed by atoms with Crippen LogP contribution >= 0.6 is 0 Å². The number of rotatable bonds is 2. The largest absolute Gasteiger partial charge is 0.478 e. The summed E-state index contributed by atoms with van der Waals surface area (Å²) in [4.78, 5) is 20.2. The molecule has 0 atom stereocenters. The van der Waals surface area contributed by atoms with Crippen molar-refractivity contribution in [2.24, 2.45) is 0 Å². The molecule has 0 unspecified atom stereocenters. The van der Waals surface area contributed by atoms with E-state index in [-0.39, 0.29) is 5.82 Å². The van der Waals surface area contributed by atoms with Crippen LogP contribution < -0.4 is 0 Å². The highest BCUT2D eigenvalue weighted by molar-refractivity contribution is 5.87. The molecule has 4 heteroatoms. The van der Waals surface area contributed by atoms with Crippen molar-refractivity contribution in [1.82, 2.24) is 0 Å². The van der Waals surface area contributed by atoms with Crippen LogP contribution in [0.15, 0.2) is 54.6 Å². The summed E-state index contributed by atoms with van der Waals surface area (Å²) in [5.74, 6) is -1.20. The SMILES string of the molecule is O=C(O)c1ccccc1.O=Cc1ccc(F)cc1. The van der Waals surface area contributed by atoms with Crippen LogP contribution in [0.4, 0.5) is 4.39 Å². The number of carboxylic acids is 1. The summed E-state index contributed by atoms with van der Waals surface area (Å²) in [7, 11) is 0. The monoisotopic (exact) mass is 246 g/mol. The van der Waals surface area contributed by atoms with Crippen LogP contribution in [-0.2, 0) is 0 Å². The van der Waals surface area contributed by atoms with Crippen molar-refractivity contribution in [3.63, 3.8) is 0 Å². The molecule has 0 aromatic heterocycles. The topological polar surface area (TPSA) is 54.4 Å².